The van der Waals surface area contributed by atoms with E-state index in [1.807, 2.05) is 0 Å². The molecule has 0 amide bonds. The number of hydrogen-bond donors (Lipinski definition) is 2. The largest absolute Gasteiger partial charge is 0.390 e. The van der Waals surface area contributed by atoms with E-state index in [0.717, 1.165) is 0 Å². The molecule has 7 heteroatoms. The molecule has 2 aromatic rings. The van der Waals surface area contributed by atoms with E-state index < -0.39 is 12.2 Å². The van der Waals surface area contributed by atoms with Gasteiger partial charge in [0.2, 0.25) is 0 Å². The molecule has 0 aliphatic heterocycles. The first-order valence-corrected chi connectivity index (χ1v) is 5.75. The van der Waals surface area contributed by atoms with Crippen LogP contribution in [0.2, 0.25) is 5.15 Å². The average molecular weight is 255 g/mol. The van der Waals surface area contributed by atoms with E-state index in [1.165, 1.54) is 6.33 Å². The molecule has 1 fully saturated rings. The zero-order valence-electron chi connectivity index (χ0n) is 8.86. The van der Waals surface area contributed by atoms with Gasteiger partial charge in [-0.3, -0.25) is 0 Å². The Balaban J connectivity index is 2.10. The topological polar surface area (TPSA) is 84.1 Å². The van der Waals surface area contributed by atoms with Crippen LogP contribution in [0.1, 0.15) is 18.9 Å². The highest BCUT2D eigenvalue weighted by molar-refractivity contribution is 6.33. The van der Waals surface area contributed by atoms with Crippen LogP contribution in [0.4, 0.5) is 0 Å². The second kappa shape index (κ2) is 3.90. The van der Waals surface area contributed by atoms with Crippen LogP contribution in [-0.4, -0.2) is 41.9 Å². The molecule has 1 aliphatic rings. The Labute approximate surface area is 102 Å². The van der Waals surface area contributed by atoms with E-state index in [1.54, 1.807) is 10.9 Å². The van der Waals surface area contributed by atoms with E-state index in [4.69, 9.17) is 11.6 Å². The minimum Gasteiger partial charge on any atom is -0.390 e. The number of imidazole rings is 1. The minimum atomic E-state index is -0.791. The summed E-state index contributed by atoms with van der Waals surface area (Å²) in [6.45, 7) is 0. The molecule has 1 saturated carbocycles. The second-order valence-corrected chi connectivity index (χ2v) is 4.55. The van der Waals surface area contributed by atoms with Crippen LogP contribution in [0.5, 0.6) is 0 Å². The van der Waals surface area contributed by atoms with Gasteiger partial charge in [-0.1, -0.05) is 11.6 Å². The van der Waals surface area contributed by atoms with Gasteiger partial charge in [0.05, 0.1) is 18.5 Å². The van der Waals surface area contributed by atoms with Crippen molar-refractivity contribution in [2.24, 2.45) is 0 Å². The summed E-state index contributed by atoms with van der Waals surface area (Å²) >= 11 is 5.90. The van der Waals surface area contributed by atoms with Crippen LogP contribution in [0.15, 0.2) is 12.7 Å². The lowest BCUT2D eigenvalue weighted by Crippen LogP contribution is -2.26. The third-order valence-electron chi connectivity index (χ3n) is 3.22. The number of halogens is 1. The number of rotatable bonds is 1. The molecule has 2 aromatic heterocycles. The Bertz CT molecular complexity index is 558. The maximum Gasteiger partial charge on any atom is 0.165 e. The summed E-state index contributed by atoms with van der Waals surface area (Å²) in [4.78, 5) is 12.1. The fourth-order valence-corrected chi connectivity index (χ4v) is 2.49. The summed E-state index contributed by atoms with van der Waals surface area (Å²) in [5.74, 6) is 0. The normalized spacial score (nSPS) is 29.0. The summed E-state index contributed by atoms with van der Waals surface area (Å²) in [5, 5.41) is 19.7. The second-order valence-electron chi connectivity index (χ2n) is 4.19. The van der Waals surface area contributed by atoms with Crippen LogP contribution in [0.3, 0.4) is 0 Å². The Morgan fingerprint density at radius 2 is 2.06 bits per heavy atom. The van der Waals surface area contributed by atoms with Crippen LogP contribution >= 0.6 is 11.6 Å². The van der Waals surface area contributed by atoms with Crippen LogP contribution in [0, 0.1) is 0 Å². The number of aromatic nitrogens is 4. The molecule has 0 spiro atoms. The first kappa shape index (κ1) is 10.9. The summed E-state index contributed by atoms with van der Waals surface area (Å²) < 4.78 is 1.75. The van der Waals surface area contributed by atoms with E-state index in [-0.39, 0.29) is 6.04 Å². The molecule has 1 aliphatic carbocycles. The molecule has 2 N–H and O–H groups in total. The summed E-state index contributed by atoms with van der Waals surface area (Å²) in [6, 6.07) is -0.207. The monoisotopic (exact) mass is 254 g/mol. The molecule has 6 nitrogen and oxygen atoms in total. The van der Waals surface area contributed by atoms with E-state index in [9.17, 15) is 10.2 Å². The highest BCUT2D eigenvalue weighted by Crippen LogP contribution is 2.32. The molecular weight excluding hydrogens is 244 g/mol. The van der Waals surface area contributed by atoms with Crippen LogP contribution < -0.4 is 0 Å². The SMILES string of the molecule is O[C@@H]1[C@H](O)CC[C@H]1n1cnc2c(Cl)ncnc21. The number of nitrogens with zero attached hydrogens (tertiary/aromatic N) is 4. The lowest BCUT2D eigenvalue weighted by Gasteiger charge is -2.17. The van der Waals surface area contributed by atoms with Gasteiger partial charge in [-0.15, -0.1) is 0 Å². The molecular formula is C10H11ClN4O2. The Morgan fingerprint density at radius 1 is 1.24 bits per heavy atom. The summed E-state index contributed by atoms with van der Waals surface area (Å²) in [7, 11) is 0. The Morgan fingerprint density at radius 3 is 2.76 bits per heavy atom. The van der Waals surface area contributed by atoms with Gasteiger partial charge in [0, 0.05) is 0 Å². The Kier molecular flexibility index (Phi) is 2.50. The van der Waals surface area contributed by atoms with Crippen molar-refractivity contribution >= 4 is 22.8 Å². The standard InChI is InChI=1S/C10H11ClN4O2/c11-9-7-10(13-3-12-9)15(4-14-7)5-1-2-6(16)8(5)17/h3-6,8,16-17H,1-2H2/t5-,6-,8+/m1/s1. The van der Waals surface area contributed by atoms with Crippen molar-refractivity contribution in [1.82, 2.24) is 19.5 Å². The van der Waals surface area contributed by atoms with Crippen molar-refractivity contribution in [3.05, 3.63) is 17.8 Å². The number of aliphatic hydroxyl groups is 2. The Hall–Kier alpha value is -1.24. The maximum absolute atomic E-state index is 9.88. The van der Waals surface area contributed by atoms with Crippen molar-refractivity contribution in [3.8, 4) is 0 Å². The highest BCUT2D eigenvalue weighted by Gasteiger charge is 2.35. The molecule has 0 bridgehead atoms. The van der Waals surface area contributed by atoms with Gasteiger partial charge in [0.25, 0.3) is 0 Å². The molecule has 17 heavy (non-hydrogen) atoms. The fourth-order valence-electron chi connectivity index (χ4n) is 2.31. The van der Waals surface area contributed by atoms with Crippen molar-refractivity contribution in [1.29, 1.82) is 0 Å². The van der Waals surface area contributed by atoms with Gasteiger partial charge in [-0.25, -0.2) is 15.0 Å². The van der Waals surface area contributed by atoms with Crippen LogP contribution in [0.25, 0.3) is 11.2 Å². The minimum absolute atomic E-state index is 0.207. The molecule has 2 heterocycles. The highest BCUT2D eigenvalue weighted by atomic mass is 35.5. The van der Waals surface area contributed by atoms with Gasteiger partial charge in [-0.2, -0.15) is 0 Å². The third-order valence-corrected chi connectivity index (χ3v) is 3.49. The van der Waals surface area contributed by atoms with Crippen molar-refractivity contribution in [3.63, 3.8) is 0 Å². The van der Waals surface area contributed by atoms with Crippen molar-refractivity contribution in [2.75, 3.05) is 0 Å². The molecule has 0 aromatic carbocycles. The van der Waals surface area contributed by atoms with Gasteiger partial charge in [-0.05, 0) is 12.8 Å². The first-order chi connectivity index (χ1) is 8.18. The van der Waals surface area contributed by atoms with E-state index >= 15 is 0 Å². The number of hydrogen-bond acceptors (Lipinski definition) is 5. The summed E-state index contributed by atoms with van der Waals surface area (Å²) in [6.07, 6.45) is 2.73. The quantitative estimate of drug-likeness (QED) is 0.726. The smallest absolute Gasteiger partial charge is 0.165 e. The lowest BCUT2D eigenvalue weighted by atomic mass is 10.2. The molecule has 0 radical (unpaired) electrons. The van der Waals surface area contributed by atoms with Crippen LogP contribution in [-0.2, 0) is 0 Å². The molecule has 3 atom stereocenters. The molecule has 0 saturated heterocycles. The molecule has 3 rings (SSSR count). The average Bonchev–Trinajstić information content (AvgIpc) is 2.86. The summed E-state index contributed by atoms with van der Waals surface area (Å²) in [5.41, 5.74) is 1.10. The fraction of sp³-hybridized carbons (Fsp3) is 0.500. The first-order valence-electron chi connectivity index (χ1n) is 5.37. The molecule has 90 valence electrons. The number of aliphatic hydroxyl groups excluding tert-OH is 2. The zero-order chi connectivity index (χ0) is 12.0. The van der Waals surface area contributed by atoms with Gasteiger partial charge in [0.15, 0.2) is 10.8 Å². The van der Waals surface area contributed by atoms with Gasteiger partial charge >= 0.3 is 0 Å². The van der Waals surface area contributed by atoms with Gasteiger partial charge < -0.3 is 14.8 Å². The van der Waals surface area contributed by atoms with Crippen molar-refractivity contribution < 1.29 is 10.2 Å². The van der Waals surface area contributed by atoms with Gasteiger partial charge in [0.1, 0.15) is 17.9 Å². The third kappa shape index (κ3) is 1.60. The lowest BCUT2D eigenvalue weighted by molar-refractivity contribution is 0.0241. The van der Waals surface area contributed by atoms with E-state index in [0.29, 0.717) is 29.2 Å². The molecule has 0 unspecified atom stereocenters. The predicted molar refractivity (Wildman–Crippen MR) is 60.6 cm³/mol. The van der Waals surface area contributed by atoms with E-state index in [2.05, 4.69) is 15.0 Å². The van der Waals surface area contributed by atoms with Crippen molar-refractivity contribution in [2.45, 2.75) is 31.1 Å². The number of fused-ring (bicyclic) bond motifs is 1. The maximum atomic E-state index is 9.88. The predicted octanol–water partition coefficient (Wildman–Crippen LogP) is 0.536. The zero-order valence-corrected chi connectivity index (χ0v) is 9.62.